The Kier molecular flexibility index (Phi) is 17.2. The summed E-state index contributed by atoms with van der Waals surface area (Å²) in [5.74, 6) is 3.24. The van der Waals surface area contributed by atoms with E-state index in [-0.39, 0.29) is 6.15 Å². The molecule has 0 saturated heterocycles. The van der Waals surface area contributed by atoms with Gasteiger partial charge < -0.3 is 11.5 Å². The first kappa shape index (κ1) is 39.8. The lowest BCUT2D eigenvalue weighted by atomic mass is 9.47. The van der Waals surface area contributed by atoms with Crippen molar-refractivity contribution in [2.24, 2.45) is 39.5 Å². The summed E-state index contributed by atoms with van der Waals surface area (Å²) in [4.78, 5) is 5.10. The van der Waals surface area contributed by atoms with Crippen LogP contribution in [0.1, 0.15) is 144 Å². The van der Waals surface area contributed by atoms with Gasteiger partial charge in [0, 0.05) is 24.2 Å². The average Bonchev–Trinajstić information content (AvgIpc) is 3.30. The van der Waals surface area contributed by atoms with Gasteiger partial charge in [0.05, 0.1) is 0 Å². The number of hydrogen-bond acceptors (Lipinski definition) is 3. The smallest absolute Gasteiger partial charge is 0.108 e. The van der Waals surface area contributed by atoms with Crippen LogP contribution in [0.15, 0.2) is 42.5 Å². The van der Waals surface area contributed by atoms with E-state index < -0.39 is 5.67 Å². The van der Waals surface area contributed by atoms with E-state index in [2.05, 4.69) is 58.8 Å². The Balaban J connectivity index is 0.000000900. The molecule has 0 bridgehead atoms. The van der Waals surface area contributed by atoms with Gasteiger partial charge in [-0.15, -0.1) is 13.2 Å². The molecule has 4 aliphatic rings. The van der Waals surface area contributed by atoms with Gasteiger partial charge >= 0.3 is 0 Å². The fourth-order valence-corrected chi connectivity index (χ4v) is 9.32. The lowest BCUT2D eigenvalue weighted by molar-refractivity contribution is -0.0408. The molecule has 4 N–H and O–H groups in total. The molecule has 7 atom stereocenters. The van der Waals surface area contributed by atoms with Gasteiger partial charge in [-0.3, -0.25) is 4.99 Å². The van der Waals surface area contributed by atoms with Crippen molar-refractivity contribution >= 4 is 5.71 Å². The lowest BCUT2D eigenvalue weighted by Gasteiger charge is -2.57. The Morgan fingerprint density at radius 2 is 1.74 bits per heavy atom. The van der Waals surface area contributed by atoms with Crippen LogP contribution in [-0.2, 0) is 0 Å². The molecular weight excluding hydrogens is 529 g/mol. The standard InChI is InChI=1S/C32H54FN.C5H11N.C2H4.H3N/c1-8-14-25-15-16-26-28-18-17-27(24(4)34-23-13-11-12-21-30(5,33)10-3)32(28,7)22-19-29(26)31(25,6)20-9-2;1-6-5-3-2-4-5;1-2;/h8,14,26-29H,1,9-13,15-23H2,2-7H3;5-6H,2-4H2,1H3;1-2H2;1H3/b25-14-,34-24?;;;. The molecule has 0 amide bonds. The Morgan fingerprint density at radius 3 is 2.28 bits per heavy atom. The normalized spacial score (nSPS) is 34.1. The Labute approximate surface area is 267 Å². The minimum absolute atomic E-state index is 0. The first-order chi connectivity index (χ1) is 20.1. The van der Waals surface area contributed by atoms with Crippen molar-refractivity contribution in [2.75, 3.05) is 13.6 Å². The molecule has 0 aliphatic heterocycles. The van der Waals surface area contributed by atoms with Crippen LogP contribution >= 0.6 is 0 Å². The first-order valence-electron chi connectivity index (χ1n) is 17.8. The summed E-state index contributed by atoms with van der Waals surface area (Å²) >= 11 is 0. The highest BCUT2D eigenvalue weighted by atomic mass is 19.1. The number of aliphatic imine (C=N–C) groups is 1. The lowest BCUT2D eigenvalue weighted by Crippen LogP contribution is -2.50. The molecule has 4 heteroatoms. The zero-order chi connectivity index (χ0) is 31.4. The van der Waals surface area contributed by atoms with E-state index in [1.54, 1.807) is 12.5 Å². The van der Waals surface area contributed by atoms with Crippen molar-refractivity contribution < 1.29 is 4.39 Å². The maximum Gasteiger partial charge on any atom is 0.108 e. The highest BCUT2D eigenvalue weighted by Gasteiger charge is 2.58. The van der Waals surface area contributed by atoms with Crippen LogP contribution in [0.3, 0.4) is 0 Å². The van der Waals surface area contributed by atoms with Gasteiger partial charge in [-0.1, -0.05) is 77.7 Å². The molecule has 4 fully saturated rings. The zero-order valence-electron chi connectivity index (χ0n) is 29.7. The molecule has 4 saturated carbocycles. The maximum absolute atomic E-state index is 14.1. The van der Waals surface area contributed by atoms with E-state index in [9.17, 15) is 4.39 Å². The summed E-state index contributed by atoms with van der Waals surface area (Å²) < 4.78 is 14.1. The predicted molar refractivity (Wildman–Crippen MR) is 190 cm³/mol. The third kappa shape index (κ3) is 9.86. The number of allylic oxidation sites excluding steroid dienone is 3. The number of hydrogen-bond donors (Lipinski definition) is 2. The topological polar surface area (TPSA) is 59.4 Å². The van der Waals surface area contributed by atoms with Crippen LogP contribution in [-0.4, -0.2) is 31.0 Å². The predicted octanol–water partition coefficient (Wildman–Crippen LogP) is 11.6. The van der Waals surface area contributed by atoms with Crippen LogP contribution in [0.4, 0.5) is 4.39 Å². The number of alkyl halides is 1. The number of nitrogens with zero attached hydrogens (tertiary/aromatic N) is 1. The van der Waals surface area contributed by atoms with Crippen molar-refractivity contribution in [3.05, 3.63) is 37.5 Å². The second kappa shape index (κ2) is 18.6. The highest BCUT2D eigenvalue weighted by molar-refractivity contribution is 5.85. The maximum atomic E-state index is 14.1. The van der Waals surface area contributed by atoms with Crippen LogP contribution in [0, 0.1) is 34.5 Å². The minimum atomic E-state index is -0.986. The average molecular weight is 602 g/mol. The first-order valence-corrected chi connectivity index (χ1v) is 17.8. The largest absolute Gasteiger partial charge is 0.344 e. The number of unbranched alkanes of at least 4 members (excludes halogenated alkanes) is 2. The van der Waals surface area contributed by atoms with Crippen molar-refractivity contribution in [2.45, 2.75) is 156 Å². The van der Waals surface area contributed by atoms with Crippen molar-refractivity contribution in [1.82, 2.24) is 11.5 Å². The molecule has 0 aromatic heterocycles. The van der Waals surface area contributed by atoms with Gasteiger partial charge in [-0.05, 0) is 127 Å². The summed E-state index contributed by atoms with van der Waals surface area (Å²) in [6.45, 7) is 24.5. The van der Waals surface area contributed by atoms with Crippen molar-refractivity contribution in [3.63, 3.8) is 0 Å². The number of rotatable bonds is 12. The SMILES string of the molecule is C=C.C=C/C=C1/CCC2C(CCC3(C)C(C(C)=NCCCCCC(C)(F)CC)CCC23)C1(C)CCC.CNC1CCC1.N. The molecule has 4 rings (SSSR count). The summed E-state index contributed by atoms with van der Waals surface area (Å²) in [6.07, 6.45) is 23.8. The van der Waals surface area contributed by atoms with E-state index >= 15 is 0 Å². The van der Waals surface area contributed by atoms with Crippen molar-refractivity contribution in [1.29, 1.82) is 0 Å². The van der Waals surface area contributed by atoms with Gasteiger partial charge in [0.15, 0.2) is 0 Å². The Bertz CT molecular complexity index is 871. The number of fused-ring (bicyclic) bond motifs is 3. The highest BCUT2D eigenvalue weighted by Crippen LogP contribution is 2.66. The van der Waals surface area contributed by atoms with E-state index in [0.717, 1.165) is 49.6 Å². The summed E-state index contributed by atoms with van der Waals surface area (Å²) in [7, 11) is 2.03. The summed E-state index contributed by atoms with van der Waals surface area (Å²) in [6, 6.07) is 0.866. The van der Waals surface area contributed by atoms with Crippen LogP contribution in [0.5, 0.6) is 0 Å². The molecule has 7 unspecified atom stereocenters. The number of nitrogens with one attached hydrogen (secondary N) is 1. The fraction of sp³-hybridized carbons (Fsp3) is 0.821. The monoisotopic (exact) mass is 602 g/mol. The number of halogens is 1. The molecule has 4 aliphatic carbocycles. The molecule has 0 heterocycles. The van der Waals surface area contributed by atoms with Crippen molar-refractivity contribution in [3.8, 4) is 0 Å². The van der Waals surface area contributed by atoms with Gasteiger partial charge in [0.25, 0.3) is 0 Å². The summed E-state index contributed by atoms with van der Waals surface area (Å²) in [5, 5.41) is 3.20. The van der Waals surface area contributed by atoms with E-state index in [4.69, 9.17) is 4.99 Å². The third-order valence-corrected chi connectivity index (χ3v) is 12.3. The van der Waals surface area contributed by atoms with Gasteiger partial charge in [0.1, 0.15) is 5.67 Å². The van der Waals surface area contributed by atoms with Gasteiger partial charge in [-0.2, -0.15) is 0 Å². The third-order valence-electron chi connectivity index (χ3n) is 12.3. The van der Waals surface area contributed by atoms with Crippen LogP contribution in [0.25, 0.3) is 0 Å². The molecule has 43 heavy (non-hydrogen) atoms. The Hall–Kier alpha value is -1.26. The Morgan fingerprint density at radius 1 is 1.05 bits per heavy atom. The molecule has 3 nitrogen and oxygen atoms in total. The molecular formula is C39H72FN3. The van der Waals surface area contributed by atoms with Gasteiger partial charge in [-0.25, -0.2) is 4.39 Å². The molecule has 250 valence electrons. The minimum Gasteiger partial charge on any atom is -0.344 e. The van der Waals surface area contributed by atoms with Crippen LogP contribution < -0.4 is 11.5 Å². The second-order valence-corrected chi connectivity index (χ2v) is 14.7. The molecule has 0 radical (unpaired) electrons. The quantitative estimate of drug-likeness (QED) is 0.133. The second-order valence-electron chi connectivity index (χ2n) is 14.7. The van der Waals surface area contributed by atoms with E-state index in [1.165, 1.54) is 76.3 Å². The molecule has 0 aromatic carbocycles. The van der Waals surface area contributed by atoms with Crippen LogP contribution in [0.2, 0.25) is 0 Å². The fourth-order valence-electron chi connectivity index (χ4n) is 9.32. The van der Waals surface area contributed by atoms with E-state index in [0.29, 0.717) is 29.6 Å². The molecule has 0 spiro atoms. The molecule has 0 aromatic rings. The summed E-state index contributed by atoms with van der Waals surface area (Å²) in [5.41, 5.74) is 2.89. The zero-order valence-corrected chi connectivity index (χ0v) is 29.7. The van der Waals surface area contributed by atoms with E-state index in [1.807, 2.05) is 20.0 Å². The van der Waals surface area contributed by atoms with Gasteiger partial charge in [0.2, 0.25) is 0 Å².